The summed E-state index contributed by atoms with van der Waals surface area (Å²) < 4.78 is 19.1. The number of nitrogens with one attached hydrogen (secondary N) is 1. The largest absolute Gasteiger partial charge is 0.460 e. The van der Waals surface area contributed by atoms with Crippen molar-refractivity contribution in [3.05, 3.63) is 48.0 Å². The average Bonchev–Trinajstić information content (AvgIpc) is 2.75. The molecule has 0 unspecified atom stereocenters. The van der Waals surface area contributed by atoms with E-state index in [0.29, 0.717) is 23.9 Å². The highest BCUT2D eigenvalue weighted by Gasteiger charge is 2.08. The van der Waals surface area contributed by atoms with Gasteiger partial charge in [0.1, 0.15) is 17.3 Å². The van der Waals surface area contributed by atoms with E-state index in [1.54, 1.807) is 24.3 Å². The molecule has 0 aliphatic carbocycles. The first-order chi connectivity index (χ1) is 8.16. The minimum absolute atomic E-state index is 0.259. The zero-order valence-corrected chi connectivity index (χ0v) is 10.0. The van der Waals surface area contributed by atoms with Crippen LogP contribution in [0.2, 0.25) is 0 Å². The fraction of sp³-hybridized carbons (Fsp3) is 0.286. The van der Waals surface area contributed by atoms with Gasteiger partial charge in [-0.25, -0.2) is 4.39 Å². The number of hydrogen-bond donors (Lipinski definition) is 1. The number of benzene rings is 1. The number of furan rings is 1. The first-order valence-electron chi connectivity index (χ1n) is 5.74. The Bertz CT molecular complexity index is 490. The zero-order chi connectivity index (χ0) is 12.3. The molecule has 0 saturated heterocycles. The second kappa shape index (κ2) is 5.15. The van der Waals surface area contributed by atoms with Crippen LogP contribution in [0.15, 0.2) is 40.8 Å². The second-order valence-corrected chi connectivity index (χ2v) is 4.28. The van der Waals surface area contributed by atoms with Crippen LogP contribution in [0.3, 0.4) is 0 Å². The molecule has 0 aliphatic heterocycles. The summed E-state index contributed by atoms with van der Waals surface area (Å²) in [6.07, 6.45) is 0. The van der Waals surface area contributed by atoms with E-state index < -0.39 is 0 Å². The lowest BCUT2D eigenvalue weighted by molar-refractivity contribution is 0.471. The molecule has 1 aromatic carbocycles. The minimum atomic E-state index is -0.259. The van der Waals surface area contributed by atoms with Crippen LogP contribution >= 0.6 is 0 Å². The smallest absolute Gasteiger partial charge is 0.137 e. The summed E-state index contributed by atoms with van der Waals surface area (Å²) in [4.78, 5) is 0. The fourth-order valence-corrected chi connectivity index (χ4v) is 1.58. The summed E-state index contributed by atoms with van der Waals surface area (Å²) in [6, 6.07) is 10.7. The predicted molar refractivity (Wildman–Crippen MR) is 66.1 cm³/mol. The summed E-state index contributed by atoms with van der Waals surface area (Å²) in [5.41, 5.74) is 0.503. The fourth-order valence-electron chi connectivity index (χ4n) is 1.58. The molecule has 0 spiro atoms. The van der Waals surface area contributed by atoms with Crippen molar-refractivity contribution in [1.29, 1.82) is 0 Å². The van der Waals surface area contributed by atoms with Crippen molar-refractivity contribution >= 4 is 0 Å². The first-order valence-corrected chi connectivity index (χ1v) is 5.74. The molecule has 0 bridgehead atoms. The van der Waals surface area contributed by atoms with Crippen molar-refractivity contribution in [2.75, 3.05) is 0 Å². The van der Waals surface area contributed by atoms with Crippen LogP contribution in [-0.4, -0.2) is 6.04 Å². The maximum absolute atomic E-state index is 13.5. The highest BCUT2D eigenvalue weighted by Crippen LogP contribution is 2.24. The van der Waals surface area contributed by atoms with Gasteiger partial charge in [-0.05, 0) is 24.3 Å². The van der Waals surface area contributed by atoms with Gasteiger partial charge in [-0.1, -0.05) is 26.0 Å². The van der Waals surface area contributed by atoms with Crippen molar-refractivity contribution in [2.24, 2.45) is 0 Å². The van der Waals surface area contributed by atoms with Gasteiger partial charge in [0.05, 0.1) is 12.1 Å². The van der Waals surface area contributed by atoms with Crippen LogP contribution in [0.5, 0.6) is 0 Å². The summed E-state index contributed by atoms with van der Waals surface area (Å²) in [5, 5.41) is 3.25. The van der Waals surface area contributed by atoms with Gasteiger partial charge in [0.25, 0.3) is 0 Å². The molecular formula is C14H16FNO. The number of halogens is 1. The first kappa shape index (κ1) is 11.9. The Kier molecular flexibility index (Phi) is 3.59. The van der Waals surface area contributed by atoms with E-state index in [0.717, 1.165) is 5.76 Å². The van der Waals surface area contributed by atoms with Gasteiger partial charge in [0.2, 0.25) is 0 Å². The SMILES string of the molecule is CC(C)NCc1ccc(-c2ccccc2F)o1. The van der Waals surface area contributed by atoms with Gasteiger partial charge in [0, 0.05) is 6.04 Å². The Morgan fingerprint density at radius 1 is 1.18 bits per heavy atom. The minimum Gasteiger partial charge on any atom is -0.460 e. The van der Waals surface area contributed by atoms with Crippen LogP contribution in [-0.2, 0) is 6.54 Å². The Balaban J connectivity index is 2.16. The van der Waals surface area contributed by atoms with Crippen LogP contribution in [0.4, 0.5) is 4.39 Å². The molecular weight excluding hydrogens is 217 g/mol. The van der Waals surface area contributed by atoms with E-state index in [4.69, 9.17) is 4.42 Å². The lowest BCUT2D eigenvalue weighted by Gasteiger charge is -2.05. The molecule has 3 heteroatoms. The summed E-state index contributed by atoms with van der Waals surface area (Å²) in [6.45, 7) is 4.80. The van der Waals surface area contributed by atoms with Gasteiger partial charge >= 0.3 is 0 Å². The molecule has 0 atom stereocenters. The highest BCUT2D eigenvalue weighted by molar-refractivity contribution is 5.58. The Labute approximate surface area is 100 Å². The monoisotopic (exact) mass is 233 g/mol. The van der Waals surface area contributed by atoms with Crippen LogP contribution in [0, 0.1) is 5.82 Å². The molecule has 17 heavy (non-hydrogen) atoms. The Morgan fingerprint density at radius 3 is 2.65 bits per heavy atom. The maximum Gasteiger partial charge on any atom is 0.137 e. The highest BCUT2D eigenvalue weighted by atomic mass is 19.1. The molecule has 1 heterocycles. The Hall–Kier alpha value is -1.61. The van der Waals surface area contributed by atoms with Gasteiger partial charge in [-0.15, -0.1) is 0 Å². The van der Waals surface area contributed by atoms with Gasteiger partial charge < -0.3 is 9.73 Å². The quantitative estimate of drug-likeness (QED) is 0.873. The molecule has 2 aromatic rings. The molecule has 0 radical (unpaired) electrons. The lowest BCUT2D eigenvalue weighted by atomic mass is 10.1. The standard InChI is InChI=1S/C14H16FNO/c1-10(2)16-9-11-7-8-14(17-11)12-5-3-4-6-13(12)15/h3-8,10,16H,9H2,1-2H3. The van der Waals surface area contributed by atoms with E-state index in [1.165, 1.54) is 6.07 Å². The average molecular weight is 233 g/mol. The summed E-state index contributed by atoms with van der Waals surface area (Å²) in [5.74, 6) is 1.13. The molecule has 0 saturated carbocycles. The number of rotatable bonds is 4. The lowest BCUT2D eigenvalue weighted by Crippen LogP contribution is -2.21. The molecule has 1 N–H and O–H groups in total. The van der Waals surface area contributed by atoms with E-state index in [1.807, 2.05) is 6.07 Å². The summed E-state index contributed by atoms with van der Waals surface area (Å²) in [7, 11) is 0. The molecule has 0 amide bonds. The van der Waals surface area contributed by atoms with E-state index in [-0.39, 0.29) is 5.82 Å². The maximum atomic E-state index is 13.5. The van der Waals surface area contributed by atoms with Crippen LogP contribution in [0.1, 0.15) is 19.6 Å². The van der Waals surface area contributed by atoms with E-state index in [9.17, 15) is 4.39 Å². The van der Waals surface area contributed by atoms with Gasteiger partial charge in [0.15, 0.2) is 0 Å². The third-order valence-electron chi connectivity index (χ3n) is 2.49. The van der Waals surface area contributed by atoms with E-state index >= 15 is 0 Å². The van der Waals surface area contributed by atoms with Crippen molar-refractivity contribution in [1.82, 2.24) is 5.32 Å². The van der Waals surface area contributed by atoms with Crippen LogP contribution < -0.4 is 5.32 Å². The van der Waals surface area contributed by atoms with Gasteiger partial charge in [-0.3, -0.25) is 0 Å². The molecule has 90 valence electrons. The Morgan fingerprint density at radius 2 is 1.94 bits per heavy atom. The molecule has 0 aliphatic rings. The van der Waals surface area contributed by atoms with E-state index in [2.05, 4.69) is 19.2 Å². The van der Waals surface area contributed by atoms with Crippen molar-refractivity contribution in [3.8, 4) is 11.3 Å². The molecule has 0 fully saturated rings. The molecule has 2 nitrogen and oxygen atoms in total. The van der Waals surface area contributed by atoms with Crippen molar-refractivity contribution < 1.29 is 8.81 Å². The van der Waals surface area contributed by atoms with Crippen molar-refractivity contribution in [2.45, 2.75) is 26.4 Å². The second-order valence-electron chi connectivity index (χ2n) is 4.28. The molecule has 1 aromatic heterocycles. The summed E-state index contributed by atoms with van der Waals surface area (Å²) >= 11 is 0. The third-order valence-corrected chi connectivity index (χ3v) is 2.49. The normalized spacial score (nSPS) is 11.1. The molecule has 2 rings (SSSR count). The number of hydrogen-bond acceptors (Lipinski definition) is 2. The third kappa shape index (κ3) is 2.94. The van der Waals surface area contributed by atoms with Crippen molar-refractivity contribution in [3.63, 3.8) is 0 Å². The van der Waals surface area contributed by atoms with Crippen LogP contribution in [0.25, 0.3) is 11.3 Å². The van der Waals surface area contributed by atoms with Gasteiger partial charge in [-0.2, -0.15) is 0 Å². The zero-order valence-electron chi connectivity index (χ0n) is 10.0. The topological polar surface area (TPSA) is 25.2 Å². The predicted octanol–water partition coefficient (Wildman–Crippen LogP) is 3.58.